The number of amides is 1. The number of carbonyl (C=O) groups is 2. The second-order valence-corrected chi connectivity index (χ2v) is 8.57. The van der Waals surface area contributed by atoms with Gasteiger partial charge in [0.2, 0.25) is 5.88 Å². The number of aryl methyl sites for hydroxylation is 1. The minimum absolute atomic E-state index is 0.0115. The number of nitrogens with zero attached hydrogens (tertiary/aromatic N) is 2. The van der Waals surface area contributed by atoms with E-state index >= 15 is 0 Å². The first-order valence-electron chi connectivity index (χ1n) is 11.9. The first kappa shape index (κ1) is 28.0. The number of alkyl halides is 3. The van der Waals surface area contributed by atoms with Gasteiger partial charge >= 0.3 is 12.3 Å². The molecule has 0 spiro atoms. The number of methoxy groups -OCH3 is 1. The molecule has 0 aliphatic carbocycles. The first-order chi connectivity index (χ1) is 19.0. The van der Waals surface area contributed by atoms with Crippen molar-refractivity contribution in [2.24, 2.45) is 0 Å². The second kappa shape index (κ2) is 11.8. The highest BCUT2D eigenvalue weighted by Crippen LogP contribution is 2.36. The van der Waals surface area contributed by atoms with Crippen LogP contribution >= 0.6 is 0 Å². The molecule has 0 saturated carbocycles. The number of ether oxygens (including phenoxy) is 3. The third-order valence-electron chi connectivity index (χ3n) is 5.62. The normalized spacial score (nSPS) is 11.1. The van der Waals surface area contributed by atoms with E-state index in [9.17, 15) is 22.8 Å². The van der Waals surface area contributed by atoms with Crippen molar-refractivity contribution in [3.8, 4) is 39.9 Å². The molecule has 0 unspecified atom stereocenters. The summed E-state index contributed by atoms with van der Waals surface area (Å²) < 4.78 is 54.9. The Labute approximate surface area is 226 Å². The number of hydrogen-bond acceptors (Lipinski definition) is 6. The number of rotatable bonds is 10. The van der Waals surface area contributed by atoms with Gasteiger partial charge in [-0.05, 0) is 66.6 Å². The molecule has 208 valence electrons. The van der Waals surface area contributed by atoms with E-state index < -0.39 is 18.2 Å². The lowest BCUT2D eigenvalue weighted by atomic mass is 10.1. The van der Waals surface area contributed by atoms with E-state index in [0.29, 0.717) is 33.9 Å². The average molecular weight is 556 g/mol. The summed E-state index contributed by atoms with van der Waals surface area (Å²) >= 11 is 0. The van der Waals surface area contributed by atoms with Gasteiger partial charge in [-0.15, -0.1) is 18.3 Å². The molecule has 1 amide bonds. The van der Waals surface area contributed by atoms with Crippen molar-refractivity contribution in [1.82, 2.24) is 15.1 Å². The third kappa shape index (κ3) is 7.10. The Bertz CT molecular complexity index is 1500. The number of benzene rings is 3. The van der Waals surface area contributed by atoms with Gasteiger partial charge in [0.15, 0.2) is 0 Å². The van der Waals surface area contributed by atoms with Crippen molar-refractivity contribution in [2.75, 3.05) is 13.7 Å². The Morgan fingerprint density at radius 1 is 1.00 bits per heavy atom. The number of aromatic nitrogens is 2. The van der Waals surface area contributed by atoms with E-state index in [1.54, 1.807) is 29.1 Å². The predicted octanol–water partition coefficient (Wildman–Crippen LogP) is 5.75. The standard InChI is InChI=1S/C28H24F3N3O6/c1-17-3-12-24(38-2)23(15-17)34-16-22(18-4-10-21(11-5-18)40-28(29,30)31)27(33-34)39-20-8-6-19(7-9-20)26(37)32-14-13-25(35)36/h3-12,15-16H,13-14H2,1-2H3,(H,32,37)(H,35,36). The number of carboxylic acids is 1. The molecule has 0 saturated heterocycles. The zero-order valence-corrected chi connectivity index (χ0v) is 21.4. The second-order valence-electron chi connectivity index (χ2n) is 8.57. The Hall–Kier alpha value is -5.00. The van der Waals surface area contributed by atoms with Crippen molar-refractivity contribution in [3.63, 3.8) is 0 Å². The van der Waals surface area contributed by atoms with Crippen LogP contribution < -0.4 is 19.5 Å². The SMILES string of the molecule is COc1ccc(C)cc1-n1cc(-c2ccc(OC(F)(F)F)cc2)c(Oc2ccc(C(=O)NCCC(=O)O)cc2)n1. The van der Waals surface area contributed by atoms with Crippen LogP contribution in [-0.4, -0.2) is 46.8 Å². The molecule has 2 N–H and O–H groups in total. The minimum Gasteiger partial charge on any atom is -0.494 e. The molecule has 0 radical (unpaired) electrons. The fraction of sp³-hybridized carbons (Fsp3) is 0.179. The van der Waals surface area contributed by atoms with Crippen molar-refractivity contribution in [2.45, 2.75) is 19.7 Å². The molecule has 4 rings (SSSR count). The van der Waals surface area contributed by atoms with Crippen LogP contribution in [0, 0.1) is 6.92 Å². The Morgan fingerprint density at radius 3 is 2.30 bits per heavy atom. The first-order valence-corrected chi connectivity index (χ1v) is 11.9. The van der Waals surface area contributed by atoms with E-state index in [4.69, 9.17) is 14.6 Å². The van der Waals surface area contributed by atoms with Crippen molar-refractivity contribution in [1.29, 1.82) is 0 Å². The molecule has 0 fully saturated rings. The number of halogens is 3. The molecule has 9 nitrogen and oxygen atoms in total. The van der Waals surface area contributed by atoms with Crippen LogP contribution in [0.1, 0.15) is 22.3 Å². The van der Waals surface area contributed by atoms with Gasteiger partial charge in [-0.1, -0.05) is 18.2 Å². The summed E-state index contributed by atoms with van der Waals surface area (Å²) in [5.74, 6) is -0.814. The summed E-state index contributed by atoms with van der Waals surface area (Å²) in [6, 6.07) is 16.9. The topological polar surface area (TPSA) is 112 Å². The minimum atomic E-state index is -4.82. The van der Waals surface area contributed by atoms with Gasteiger partial charge in [-0.25, -0.2) is 4.68 Å². The summed E-state index contributed by atoms with van der Waals surface area (Å²) in [6.07, 6.45) is -3.36. The zero-order chi connectivity index (χ0) is 28.9. The monoisotopic (exact) mass is 555 g/mol. The van der Waals surface area contributed by atoms with Crippen LogP contribution in [0.25, 0.3) is 16.8 Å². The molecular formula is C28H24F3N3O6. The number of aliphatic carboxylic acids is 1. The van der Waals surface area contributed by atoms with Crippen LogP contribution in [0.5, 0.6) is 23.1 Å². The van der Waals surface area contributed by atoms with E-state index in [-0.39, 0.29) is 24.6 Å². The summed E-state index contributed by atoms with van der Waals surface area (Å²) in [6.45, 7) is 1.89. The van der Waals surface area contributed by atoms with E-state index in [0.717, 1.165) is 5.56 Å². The summed E-state index contributed by atoms with van der Waals surface area (Å²) in [7, 11) is 1.52. The molecule has 0 atom stereocenters. The molecule has 0 aliphatic heterocycles. The van der Waals surface area contributed by atoms with Crippen LogP contribution in [0.2, 0.25) is 0 Å². The lowest BCUT2D eigenvalue weighted by Gasteiger charge is -2.10. The fourth-order valence-electron chi connectivity index (χ4n) is 3.74. The number of nitrogens with one attached hydrogen (secondary N) is 1. The fourth-order valence-corrected chi connectivity index (χ4v) is 3.74. The maximum Gasteiger partial charge on any atom is 0.573 e. The van der Waals surface area contributed by atoms with E-state index in [2.05, 4.69) is 15.2 Å². The van der Waals surface area contributed by atoms with Crippen molar-refractivity contribution >= 4 is 11.9 Å². The zero-order valence-electron chi connectivity index (χ0n) is 21.4. The molecule has 1 heterocycles. The smallest absolute Gasteiger partial charge is 0.494 e. The third-order valence-corrected chi connectivity index (χ3v) is 5.62. The average Bonchev–Trinajstić information content (AvgIpc) is 3.32. The van der Waals surface area contributed by atoms with Crippen LogP contribution in [0.3, 0.4) is 0 Å². The summed E-state index contributed by atoms with van der Waals surface area (Å²) in [4.78, 5) is 22.9. The number of carboxylic acid groups (broad SMARTS) is 1. The van der Waals surface area contributed by atoms with Gasteiger partial charge < -0.3 is 24.6 Å². The predicted molar refractivity (Wildman–Crippen MR) is 138 cm³/mol. The lowest BCUT2D eigenvalue weighted by Crippen LogP contribution is -2.25. The lowest BCUT2D eigenvalue weighted by molar-refractivity contribution is -0.274. The maximum atomic E-state index is 12.6. The molecule has 0 aliphatic rings. The van der Waals surface area contributed by atoms with Crippen LogP contribution in [0.15, 0.2) is 72.9 Å². The Morgan fingerprint density at radius 2 is 1.68 bits per heavy atom. The number of hydrogen-bond donors (Lipinski definition) is 2. The highest BCUT2D eigenvalue weighted by Gasteiger charge is 2.31. The van der Waals surface area contributed by atoms with Gasteiger partial charge in [0.1, 0.15) is 22.9 Å². The maximum absolute atomic E-state index is 12.6. The van der Waals surface area contributed by atoms with E-state index in [1.165, 1.54) is 43.5 Å². The largest absolute Gasteiger partial charge is 0.573 e. The summed E-state index contributed by atoms with van der Waals surface area (Å²) in [5.41, 5.74) is 2.84. The molecule has 40 heavy (non-hydrogen) atoms. The summed E-state index contributed by atoms with van der Waals surface area (Å²) in [5, 5.41) is 15.8. The van der Waals surface area contributed by atoms with Crippen LogP contribution in [0.4, 0.5) is 13.2 Å². The molecule has 3 aromatic carbocycles. The van der Waals surface area contributed by atoms with Crippen molar-refractivity contribution < 1.29 is 42.1 Å². The molecular weight excluding hydrogens is 531 g/mol. The van der Waals surface area contributed by atoms with Gasteiger partial charge in [0.25, 0.3) is 5.91 Å². The molecule has 1 aromatic heterocycles. The van der Waals surface area contributed by atoms with Gasteiger partial charge in [0, 0.05) is 18.3 Å². The van der Waals surface area contributed by atoms with Gasteiger partial charge in [-0.3, -0.25) is 9.59 Å². The van der Waals surface area contributed by atoms with Crippen molar-refractivity contribution in [3.05, 3.63) is 84.1 Å². The van der Waals surface area contributed by atoms with Gasteiger partial charge in [-0.2, -0.15) is 0 Å². The highest BCUT2D eigenvalue weighted by molar-refractivity contribution is 5.94. The van der Waals surface area contributed by atoms with Crippen LogP contribution in [-0.2, 0) is 4.79 Å². The molecule has 0 bridgehead atoms. The molecule has 12 heteroatoms. The Kier molecular flexibility index (Phi) is 8.27. The highest BCUT2D eigenvalue weighted by atomic mass is 19.4. The Balaban J connectivity index is 1.65. The number of carbonyl (C=O) groups excluding carboxylic acids is 1. The van der Waals surface area contributed by atoms with E-state index in [1.807, 2.05) is 19.1 Å². The molecule has 4 aromatic rings. The van der Waals surface area contributed by atoms with Gasteiger partial charge in [0.05, 0.1) is 19.1 Å². The quantitative estimate of drug-likeness (QED) is 0.256.